The van der Waals surface area contributed by atoms with Gasteiger partial charge in [-0.3, -0.25) is 4.90 Å². The van der Waals surface area contributed by atoms with Crippen molar-refractivity contribution in [3.05, 3.63) is 0 Å². The topological polar surface area (TPSA) is 30.3 Å². The highest BCUT2D eigenvalue weighted by molar-refractivity contribution is 5.10. The summed E-state index contributed by atoms with van der Waals surface area (Å²) in [5, 5.41) is 9.80. The van der Waals surface area contributed by atoms with Crippen molar-refractivity contribution >= 4 is 0 Å². The van der Waals surface area contributed by atoms with Crippen LogP contribution in [0.3, 0.4) is 0 Å². The maximum Gasteiger partial charge on any atom is 0.109 e. The standard InChI is InChI=1S/C16H29N3/c1-3-5-15-6-4-8-16(14-17,9-7-15)19-12-10-18(2)11-13-19/h15H,3-13H2,1-2H3. The zero-order chi connectivity index (χ0) is 13.7. The predicted octanol–water partition coefficient (Wildman–Crippen LogP) is 2.88. The molecule has 3 nitrogen and oxygen atoms in total. The first-order chi connectivity index (χ1) is 9.20. The highest BCUT2D eigenvalue weighted by atomic mass is 15.3. The molecule has 0 N–H and O–H groups in total. The van der Waals surface area contributed by atoms with Crippen LogP contribution in [0, 0.1) is 17.2 Å². The van der Waals surface area contributed by atoms with Crippen molar-refractivity contribution < 1.29 is 0 Å². The molecule has 2 unspecified atom stereocenters. The molecule has 108 valence electrons. The minimum Gasteiger partial charge on any atom is -0.304 e. The monoisotopic (exact) mass is 263 g/mol. The van der Waals surface area contributed by atoms with Crippen LogP contribution >= 0.6 is 0 Å². The summed E-state index contributed by atoms with van der Waals surface area (Å²) in [5.41, 5.74) is -0.149. The Bertz CT molecular complexity index is 314. The zero-order valence-electron chi connectivity index (χ0n) is 12.7. The molecule has 1 heterocycles. The molecular formula is C16H29N3. The summed E-state index contributed by atoms with van der Waals surface area (Å²) < 4.78 is 0. The van der Waals surface area contributed by atoms with Crippen molar-refractivity contribution in [2.24, 2.45) is 5.92 Å². The molecule has 1 saturated heterocycles. The normalized spacial score (nSPS) is 34.7. The summed E-state index contributed by atoms with van der Waals surface area (Å²) in [6, 6.07) is 2.71. The molecule has 0 aromatic carbocycles. The smallest absolute Gasteiger partial charge is 0.109 e. The Kier molecular flexibility index (Phi) is 5.24. The summed E-state index contributed by atoms with van der Waals surface area (Å²) in [4.78, 5) is 4.86. The fraction of sp³-hybridized carbons (Fsp3) is 0.938. The second-order valence-corrected chi connectivity index (χ2v) is 6.52. The Morgan fingerprint density at radius 1 is 1.16 bits per heavy atom. The number of piperazine rings is 1. The Balaban J connectivity index is 2.00. The van der Waals surface area contributed by atoms with Crippen molar-refractivity contribution in [2.45, 2.75) is 57.4 Å². The molecule has 2 aliphatic rings. The van der Waals surface area contributed by atoms with Gasteiger partial charge in [0.05, 0.1) is 6.07 Å². The van der Waals surface area contributed by atoms with Gasteiger partial charge in [0.2, 0.25) is 0 Å². The third kappa shape index (κ3) is 3.49. The van der Waals surface area contributed by atoms with Gasteiger partial charge in [0, 0.05) is 26.2 Å². The number of nitriles is 1. The van der Waals surface area contributed by atoms with E-state index in [0.717, 1.165) is 44.9 Å². The molecule has 1 saturated carbocycles. The van der Waals surface area contributed by atoms with Crippen LogP contribution in [-0.4, -0.2) is 48.6 Å². The van der Waals surface area contributed by atoms with E-state index in [4.69, 9.17) is 0 Å². The zero-order valence-corrected chi connectivity index (χ0v) is 12.7. The van der Waals surface area contributed by atoms with Gasteiger partial charge in [-0.05, 0) is 32.2 Å². The summed E-state index contributed by atoms with van der Waals surface area (Å²) in [6.07, 6.45) is 8.66. The van der Waals surface area contributed by atoms with Crippen LogP contribution < -0.4 is 0 Å². The summed E-state index contributed by atoms with van der Waals surface area (Å²) in [7, 11) is 2.18. The Morgan fingerprint density at radius 2 is 1.89 bits per heavy atom. The van der Waals surface area contributed by atoms with Crippen LogP contribution in [0.2, 0.25) is 0 Å². The number of rotatable bonds is 3. The van der Waals surface area contributed by atoms with Crippen LogP contribution in [0.1, 0.15) is 51.9 Å². The van der Waals surface area contributed by atoms with E-state index in [1.807, 2.05) is 0 Å². The predicted molar refractivity (Wildman–Crippen MR) is 78.9 cm³/mol. The van der Waals surface area contributed by atoms with Crippen LogP contribution in [0.5, 0.6) is 0 Å². The third-order valence-electron chi connectivity index (χ3n) is 5.18. The van der Waals surface area contributed by atoms with Gasteiger partial charge in [0.25, 0.3) is 0 Å². The molecular weight excluding hydrogens is 234 g/mol. The second kappa shape index (κ2) is 6.72. The lowest BCUT2D eigenvalue weighted by Crippen LogP contribution is -2.55. The van der Waals surface area contributed by atoms with E-state index in [9.17, 15) is 5.26 Å². The van der Waals surface area contributed by atoms with Gasteiger partial charge in [-0.1, -0.05) is 32.6 Å². The Morgan fingerprint density at radius 3 is 2.53 bits per heavy atom. The molecule has 2 atom stereocenters. The van der Waals surface area contributed by atoms with Crippen molar-refractivity contribution in [3.63, 3.8) is 0 Å². The first-order valence-corrected chi connectivity index (χ1v) is 8.05. The lowest BCUT2D eigenvalue weighted by atomic mass is 9.88. The van der Waals surface area contributed by atoms with Gasteiger partial charge in [-0.15, -0.1) is 0 Å². The molecule has 3 heteroatoms. The van der Waals surface area contributed by atoms with E-state index in [-0.39, 0.29) is 5.54 Å². The number of likely N-dealkylation sites (N-methyl/N-ethyl adjacent to an activating group) is 1. The average Bonchev–Trinajstić information content (AvgIpc) is 2.64. The maximum absolute atomic E-state index is 9.80. The summed E-state index contributed by atoms with van der Waals surface area (Å²) in [5.74, 6) is 0.868. The summed E-state index contributed by atoms with van der Waals surface area (Å²) in [6.45, 7) is 6.65. The highest BCUT2D eigenvalue weighted by Crippen LogP contribution is 2.36. The fourth-order valence-electron chi connectivity index (χ4n) is 3.83. The van der Waals surface area contributed by atoms with Crippen molar-refractivity contribution in [1.82, 2.24) is 9.80 Å². The first-order valence-electron chi connectivity index (χ1n) is 8.05. The van der Waals surface area contributed by atoms with Gasteiger partial charge in [-0.25, -0.2) is 0 Å². The highest BCUT2D eigenvalue weighted by Gasteiger charge is 2.39. The molecule has 0 bridgehead atoms. The lowest BCUT2D eigenvalue weighted by Gasteiger charge is -2.43. The van der Waals surface area contributed by atoms with E-state index >= 15 is 0 Å². The number of nitrogens with zero attached hydrogens (tertiary/aromatic N) is 3. The molecule has 1 aliphatic carbocycles. The van der Waals surface area contributed by atoms with Crippen LogP contribution in [0.4, 0.5) is 0 Å². The fourth-order valence-corrected chi connectivity index (χ4v) is 3.83. The molecule has 19 heavy (non-hydrogen) atoms. The second-order valence-electron chi connectivity index (χ2n) is 6.52. The molecule has 0 spiro atoms. The van der Waals surface area contributed by atoms with E-state index in [1.54, 1.807) is 0 Å². The van der Waals surface area contributed by atoms with Gasteiger partial charge in [0.15, 0.2) is 0 Å². The van der Waals surface area contributed by atoms with E-state index < -0.39 is 0 Å². The molecule has 0 amide bonds. The van der Waals surface area contributed by atoms with Gasteiger partial charge in [-0.2, -0.15) is 5.26 Å². The van der Waals surface area contributed by atoms with Crippen LogP contribution in [0.15, 0.2) is 0 Å². The average molecular weight is 263 g/mol. The SMILES string of the molecule is CCCC1CCCC(C#N)(N2CCN(C)CC2)CC1. The van der Waals surface area contributed by atoms with E-state index in [0.29, 0.717) is 0 Å². The minimum atomic E-state index is -0.149. The first kappa shape index (κ1) is 14.8. The summed E-state index contributed by atoms with van der Waals surface area (Å²) >= 11 is 0. The van der Waals surface area contributed by atoms with Crippen LogP contribution in [-0.2, 0) is 0 Å². The van der Waals surface area contributed by atoms with Crippen molar-refractivity contribution in [1.29, 1.82) is 5.26 Å². The molecule has 1 aliphatic heterocycles. The third-order valence-corrected chi connectivity index (χ3v) is 5.18. The van der Waals surface area contributed by atoms with Gasteiger partial charge in [0.1, 0.15) is 5.54 Å². The van der Waals surface area contributed by atoms with E-state index in [1.165, 1.54) is 32.1 Å². The maximum atomic E-state index is 9.80. The quantitative estimate of drug-likeness (QED) is 0.734. The largest absolute Gasteiger partial charge is 0.304 e. The van der Waals surface area contributed by atoms with E-state index in [2.05, 4.69) is 29.8 Å². The lowest BCUT2D eigenvalue weighted by molar-refractivity contribution is 0.0630. The van der Waals surface area contributed by atoms with Gasteiger partial charge < -0.3 is 4.90 Å². The Hall–Kier alpha value is -0.590. The van der Waals surface area contributed by atoms with Crippen molar-refractivity contribution in [3.8, 4) is 6.07 Å². The minimum absolute atomic E-state index is 0.149. The number of hydrogen-bond donors (Lipinski definition) is 0. The number of hydrogen-bond acceptors (Lipinski definition) is 3. The molecule has 2 fully saturated rings. The van der Waals surface area contributed by atoms with Crippen molar-refractivity contribution in [2.75, 3.05) is 33.2 Å². The molecule has 0 aromatic heterocycles. The Labute approximate surface area is 118 Å². The molecule has 2 rings (SSSR count). The van der Waals surface area contributed by atoms with Crippen LogP contribution in [0.25, 0.3) is 0 Å². The molecule has 0 aromatic rings. The van der Waals surface area contributed by atoms with Gasteiger partial charge >= 0.3 is 0 Å². The molecule has 0 radical (unpaired) electrons.